The van der Waals surface area contributed by atoms with E-state index in [1.807, 2.05) is 24.3 Å². The molecule has 0 spiro atoms. The Bertz CT molecular complexity index is 454. The molecule has 2 aliphatic rings. The monoisotopic (exact) mass is 242 g/mol. The molecule has 0 aliphatic carbocycles. The summed E-state index contributed by atoms with van der Waals surface area (Å²) in [4.78, 5) is 0. The average molecular weight is 242 g/mol. The van der Waals surface area contributed by atoms with Crippen LogP contribution < -0.4 is 10.1 Å². The minimum absolute atomic E-state index is 0.301. The van der Waals surface area contributed by atoms with E-state index in [9.17, 15) is 0 Å². The lowest BCUT2D eigenvalue weighted by molar-refractivity contribution is 0.0927. The summed E-state index contributed by atoms with van der Waals surface area (Å²) < 4.78 is 6.04. The maximum absolute atomic E-state index is 8.88. The molecule has 0 aromatic heterocycles. The summed E-state index contributed by atoms with van der Waals surface area (Å²) in [5.41, 5.74) is 0.668. The van der Waals surface area contributed by atoms with Gasteiger partial charge >= 0.3 is 0 Å². The Kier molecular flexibility index (Phi) is 3.21. The van der Waals surface area contributed by atoms with Gasteiger partial charge in [0.05, 0.1) is 11.6 Å². The fourth-order valence-electron chi connectivity index (χ4n) is 3.14. The van der Waals surface area contributed by atoms with Crippen molar-refractivity contribution in [3.05, 3.63) is 29.8 Å². The van der Waals surface area contributed by atoms with E-state index in [0.29, 0.717) is 23.8 Å². The second-order valence-electron chi connectivity index (χ2n) is 5.34. The van der Waals surface area contributed by atoms with Gasteiger partial charge < -0.3 is 10.1 Å². The number of nitriles is 1. The molecule has 3 atom stereocenters. The zero-order chi connectivity index (χ0) is 12.4. The molecule has 94 valence electrons. The Hall–Kier alpha value is -1.53. The highest BCUT2D eigenvalue weighted by molar-refractivity contribution is 5.36. The fraction of sp³-hybridized carbons (Fsp3) is 0.533. The summed E-state index contributed by atoms with van der Waals surface area (Å²) in [6.07, 6.45) is 6.37. The molecule has 2 bridgehead atoms. The zero-order valence-electron chi connectivity index (χ0n) is 10.4. The van der Waals surface area contributed by atoms with Crippen molar-refractivity contribution < 1.29 is 4.74 Å². The van der Waals surface area contributed by atoms with Crippen molar-refractivity contribution in [3.63, 3.8) is 0 Å². The van der Waals surface area contributed by atoms with Crippen LogP contribution in [0, 0.1) is 11.3 Å². The van der Waals surface area contributed by atoms with Gasteiger partial charge in [-0.25, -0.2) is 0 Å². The van der Waals surface area contributed by atoms with Crippen LogP contribution >= 0.6 is 0 Å². The van der Waals surface area contributed by atoms with Gasteiger partial charge in [-0.05, 0) is 43.9 Å². The third-order valence-corrected chi connectivity index (χ3v) is 3.94. The molecule has 18 heavy (non-hydrogen) atoms. The highest BCUT2D eigenvalue weighted by Crippen LogP contribution is 2.28. The first-order chi connectivity index (χ1) is 8.83. The van der Waals surface area contributed by atoms with Gasteiger partial charge in [-0.1, -0.05) is 12.5 Å². The van der Waals surface area contributed by atoms with Gasteiger partial charge in [0, 0.05) is 12.1 Å². The van der Waals surface area contributed by atoms with E-state index in [2.05, 4.69) is 11.4 Å². The van der Waals surface area contributed by atoms with Crippen molar-refractivity contribution in [2.24, 2.45) is 0 Å². The molecular formula is C15H18N2O. The van der Waals surface area contributed by atoms with Crippen LogP contribution in [0.25, 0.3) is 0 Å². The SMILES string of the molecule is N#Cc1cccc(OC2C[C@H]3CCC[C@@H](C2)N3)c1. The molecular weight excluding hydrogens is 224 g/mol. The molecule has 2 heterocycles. The van der Waals surface area contributed by atoms with Crippen molar-refractivity contribution >= 4 is 0 Å². The van der Waals surface area contributed by atoms with Crippen LogP contribution in [0.4, 0.5) is 0 Å². The number of nitrogens with zero attached hydrogens (tertiary/aromatic N) is 1. The van der Waals surface area contributed by atoms with Crippen LogP contribution in [0.15, 0.2) is 24.3 Å². The summed E-state index contributed by atoms with van der Waals surface area (Å²) in [7, 11) is 0. The van der Waals surface area contributed by atoms with Gasteiger partial charge in [-0.2, -0.15) is 5.26 Å². The van der Waals surface area contributed by atoms with Crippen molar-refractivity contribution in [1.29, 1.82) is 5.26 Å². The van der Waals surface area contributed by atoms with E-state index in [1.165, 1.54) is 19.3 Å². The number of fused-ring (bicyclic) bond motifs is 2. The third-order valence-electron chi connectivity index (χ3n) is 3.94. The van der Waals surface area contributed by atoms with Crippen LogP contribution in [0.1, 0.15) is 37.7 Å². The van der Waals surface area contributed by atoms with E-state index in [-0.39, 0.29) is 0 Å². The number of benzene rings is 1. The summed E-state index contributed by atoms with van der Waals surface area (Å²) in [6.45, 7) is 0. The summed E-state index contributed by atoms with van der Waals surface area (Å²) in [5.74, 6) is 0.832. The van der Waals surface area contributed by atoms with Gasteiger partial charge in [0.2, 0.25) is 0 Å². The molecule has 2 aliphatic heterocycles. The third kappa shape index (κ3) is 2.49. The Labute approximate surface area is 108 Å². The fourth-order valence-corrected chi connectivity index (χ4v) is 3.14. The molecule has 2 fully saturated rings. The molecule has 2 saturated heterocycles. The molecule has 1 N–H and O–H groups in total. The molecule has 1 aromatic rings. The van der Waals surface area contributed by atoms with E-state index >= 15 is 0 Å². The maximum Gasteiger partial charge on any atom is 0.121 e. The number of piperidine rings is 2. The van der Waals surface area contributed by atoms with Crippen LogP contribution in [-0.4, -0.2) is 18.2 Å². The Morgan fingerprint density at radius 1 is 1.22 bits per heavy atom. The van der Waals surface area contributed by atoms with E-state index in [4.69, 9.17) is 10.00 Å². The molecule has 0 radical (unpaired) electrons. The van der Waals surface area contributed by atoms with Gasteiger partial charge in [0.25, 0.3) is 0 Å². The zero-order valence-corrected chi connectivity index (χ0v) is 10.4. The summed E-state index contributed by atoms with van der Waals surface area (Å²) in [6, 6.07) is 10.9. The topological polar surface area (TPSA) is 45.0 Å². The molecule has 1 aromatic carbocycles. The number of hydrogen-bond acceptors (Lipinski definition) is 3. The smallest absolute Gasteiger partial charge is 0.121 e. The number of ether oxygens (including phenoxy) is 1. The van der Waals surface area contributed by atoms with Crippen LogP contribution in [0.2, 0.25) is 0 Å². The second-order valence-corrected chi connectivity index (χ2v) is 5.34. The van der Waals surface area contributed by atoms with Crippen LogP contribution in [0.5, 0.6) is 5.75 Å². The standard InChI is InChI=1S/C15H18N2O/c16-10-11-3-1-6-14(7-11)18-15-8-12-4-2-5-13(9-15)17-12/h1,3,6-7,12-13,15,17H,2,4-5,8-9H2/t12-,13+,15?. The molecule has 3 heteroatoms. The van der Waals surface area contributed by atoms with Crippen molar-refractivity contribution in [1.82, 2.24) is 5.32 Å². The number of rotatable bonds is 2. The Morgan fingerprint density at radius 2 is 2.00 bits per heavy atom. The Balaban J connectivity index is 1.67. The largest absolute Gasteiger partial charge is 0.490 e. The average Bonchev–Trinajstić information content (AvgIpc) is 2.38. The Morgan fingerprint density at radius 3 is 2.72 bits per heavy atom. The molecule has 0 amide bonds. The number of nitrogens with one attached hydrogen (secondary N) is 1. The summed E-state index contributed by atoms with van der Waals surface area (Å²) in [5, 5.41) is 12.5. The first-order valence-electron chi connectivity index (χ1n) is 6.76. The highest BCUT2D eigenvalue weighted by atomic mass is 16.5. The lowest BCUT2D eigenvalue weighted by Gasteiger charge is -2.40. The molecule has 1 unspecified atom stereocenters. The van der Waals surface area contributed by atoms with Gasteiger partial charge in [0.1, 0.15) is 11.9 Å². The van der Waals surface area contributed by atoms with Crippen LogP contribution in [-0.2, 0) is 0 Å². The highest BCUT2D eigenvalue weighted by Gasteiger charge is 2.32. The van der Waals surface area contributed by atoms with Gasteiger partial charge in [-0.15, -0.1) is 0 Å². The maximum atomic E-state index is 8.88. The van der Waals surface area contributed by atoms with E-state index < -0.39 is 0 Å². The van der Waals surface area contributed by atoms with Gasteiger partial charge in [-0.3, -0.25) is 0 Å². The normalized spacial score (nSPS) is 30.5. The first kappa shape index (κ1) is 11.6. The van der Waals surface area contributed by atoms with Crippen molar-refractivity contribution in [3.8, 4) is 11.8 Å². The second kappa shape index (κ2) is 4.99. The van der Waals surface area contributed by atoms with Gasteiger partial charge in [0.15, 0.2) is 0 Å². The van der Waals surface area contributed by atoms with E-state index in [1.54, 1.807) is 0 Å². The lowest BCUT2D eigenvalue weighted by Crippen LogP contribution is -2.51. The molecule has 3 rings (SSSR count). The minimum Gasteiger partial charge on any atom is -0.490 e. The van der Waals surface area contributed by atoms with Crippen molar-refractivity contribution in [2.45, 2.75) is 50.3 Å². The van der Waals surface area contributed by atoms with Crippen LogP contribution in [0.3, 0.4) is 0 Å². The quantitative estimate of drug-likeness (QED) is 0.867. The molecule has 0 saturated carbocycles. The predicted octanol–water partition coefficient (Wildman–Crippen LogP) is 2.61. The first-order valence-corrected chi connectivity index (χ1v) is 6.76. The summed E-state index contributed by atoms with van der Waals surface area (Å²) >= 11 is 0. The van der Waals surface area contributed by atoms with E-state index in [0.717, 1.165) is 18.6 Å². The predicted molar refractivity (Wildman–Crippen MR) is 69.4 cm³/mol. The lowest BCUT2D eigenvalue weighted by atomic mass is 9.85. The van der Waals surface area contributed by atoms with Crippen molar-refractivity contribution in [2.75, 3.05) is 0 Å². The molecule has 3 nitrogen and oxygen atoms in total. The number of hydrogen-bond donors (Lipinski definition) is 1. The minimum atomic E-state index is 0.301.